The quantitative estimate of drug-likeness (QED) is 0.388. The average Bonchev–Trinajstić information content (AvgIpc) is 2.96. The minimum atomic E-state index is -1.14. The molecule has 1 aromatic carbocycles. The Morgan fingerprint density at radius 2 is 2.30 bits per heavy atom. The Balaban J connectivity index is 2.28. The number of esters is 1. The van der Waals surface area contributed by atoms with Gasteiger partial charge in [0.25, 0.3) is 0 Å². The molecular weight excluding hydrogens is 260 g/mol. The Hall–Kier alpha value is -1.69. The molecule has 0 aliphatic carbocycles. The molecule has 5 heteroatoms. The fraction of sp³-hybridized carbons (Fsp3) is 0.400. The van der Waals surface area contributed by atoms with Crippen LogP contribution in [0.3, 0.4) is 0 Å². The number of carbonyl (C=O) groups is 1. The highest BCUT2D eigenvalue weighted by molar-refractivity contribution is 5.87. The molecule has 1 atom stereocenters. The lowest BCUT2D eigenvalue weighted by Gasteiger charge is -2.26. The molecule has 108 valence electrons. The van der Waals surface area contributed by atoms with Crippen molar-refractivity contribution in [2.24, 2.45) is 0 Å². The summed E-state index contributed by atoms with van der Waals surface area (Å²) in [4.78, 5) is 16.0. The molecule has 1 fully saturated rings. The van der Waals surface area contributed by atoms with Crippen LogP contribution in [-0.4, -0.2) is 24.4 Å². The first-order valence-corrected chi connectivity index (χ1v) is 6.63. The predicted octanol–water partition coefficient (Wildman–Crippen LogP) is 2.72. The molecular formula is C15H18O5. The van der Waals surface area contributed by atoms with Crippen molar-refractivity contribution in [3.05, 3.63) is 41.5 Å². The van der Waals surface area contributed by atoms with E-state index in [9.17, 15) is 10.1 Å². The van der Waals surface area contributed by atoms with E-state index in [1.54, 1.807) is 13.0 Å². The summed E-state index contributed by atoms with van der Waals surface area (Å²) in [5.74, 6) is -1.55. The van der Waals surface area contributed by atoms with Crippen LogP contribution in [-0.2, 0) is 24.9 Å². The van der Waals surface area contributed by atoms with E-state index in [0.717, 1.165) is 12.0 Å². The van der Waals surface area contributed by atoms with Crippen LogP contribution in [0.1, 0.15) is 30.9 Å². The molecule has 1 saturated heterocycles. The maximum atomic E-state index is 11.4. The number of ether oxygens (including phenoxy) is 2. The van der Waals surface area contributed by atoms with Crippen LogP contribution in [0.5, 0.6) is 0 Å². The Bertz CT molecular complexity index is 489. The number of hydrogen-bond donors (Lipinski definition) is 1. The topological polar surface area (TPSA) is 65.0 Å². The van der Waals surface area contributed by atoms with Gasteiger partial charge in [-0.1, -0.05) is 24.3 Å². The SMILES string of the molecule is CCOC(=O)/C=C/c1ccccc1C1(OO)CCCO1. The largest absolute Gasteiger partial charge is 0.463 e. The van der Waals surface area contributed by atoms with Crippen molar-refractivity contribution < 1.29 is 24.4 Å². The van der Waals surface area contributed by atoms with E-state index in [4.69, 9.17) is 9.47 Å². The van der Waals surface area contributed by atoms with Crippen LogP contribution in [0, 0.1) is 0 Å². The molecule has 1 heterocycles. The monoisotopic (exact) mass is 278 g/mol. The third-order valence-electron chi connectivity index (χ3n) is 3.19. The van der Waals surface area contributed by atoms with Crippen LogP contribution < -0.4 is 0 Å². The summed E-state index contributed by atoms with van der Waals surface area (Å²) >= 11 is 0. The predicted molar refractivity (Wildman–Crippen MR) is 72.7 cm³/mol. The summed E-state index contributed by atoms with van der Waals surface area (Å²) in [6.07, 6.45) is 4.35. The van der Waals surface area contributed by atoms with Gasteiger partial charge in [-0.05, 0) is 25.0 Å². The van der Waals surface area contributed by atoms with E-state index in [2.05, 4.69) is 4.89 Å². The number of hydrogen-bond acceptors (Lipinski definition) is 5. The first kappa shape index (κ1) is 14.7. The van der Waals surface area contributed by atoms with Crippen molar-refractivity contribution in [1.29, 1.82) is 0 Å². The van der Waals surface area contributed by atoms with Crippen LogP contribution in [0.4, 0.5) is 0 Å². The fourth-order valence-electron chi connectivity index (χ4n) is 2.29. The Morgan fingerprint density at radius 3 is 2.95 bits per heavy atom. The van der Waals surface area contributed by atoms with Gasteiger partial charge in [0.1, 0.15) is 0 Å². The van der Waals surface area contributed by atoms with E-state index < -0.39 is 11.8 Å². The molecule has 0 amide bonds. The zero-order valence-corrected chi connectivity index (χ0v) is 11.4. The first-order chi connectivity index (χ1) is 9.72. The third-order valence-corrected chi connectivity index (χ3v) is 3.19. The normalized spacial score (nSPS) is 22.3. The summed E-state index contributed by atoms with van der Waals surface area (Å²) in [7, 11) is 0. The summed E-state index contributed by atoms with van der Waals surface area (Å²) < 4.78 is 10.4. The van der Waals surface area contributed by atoms with Gasteiger partial charge in [-0.25, -0.2) is 10.1 Å². The molecule has 1 N–H and O–H groups in total. The lowest BCUT2D eigenvalue weighted by molar-refractivity contribution is -0.401. The number of rotatable bonds is 5. The van der Waals surface area contributed by atoms with Gasteiger partial charge in [0.15, 0.2) is 0 Å². The smallest absolute Gasteiger partial charge is 0.330 e. The second-order valence-corrected chi connectivity index (χ2v) is 4.47. The van der Waals surface area contributed by atoms with Crippen molar-refractivity contribution in [3.8, 4) is 0 Å². The van der Waals surface area contributed by atoms with E-state index in [-0.39, 0.29) is 0 Å². The molecule has 2 rings (SSSR count). The summed E-state index contributed by atoms with van der Waals surface area (Å²) in [6.45, 7) is 2.61. The molecule has 1 aliphatic rings. The van der Waals surface area contributed by atoms with E-state index >= 15 is 0 Å². The second-order valence-electron chi connectivity index (χ2n) is 4.47. The highest BCUT2D eigenvalue weighted by Crippen LogP contribution is 2.38. The Morgan fingerprint density at radius 1 is 1.50 bits per heavy atom. The van der Waals surface area contributed by atoms with Gasteiger partial charge in [0, 0.05) is 18.1 Å². The molecule has 1 aromatic rings. The number of carbonyl (C=O) groups excluding carboxylic acids is 1. The molecule has 0 radical (unpaired) electrons. The Kier molecular flexibility index (Phi) is 4.89. The van der Waals surface area contributed by atoms with Gasteiger partial charge in [0.2, 0.25) is 5.79 Å². The van der Waals surface area contributed by atoms with Gasteiger partial charge in [-0.15, -0.1) is 0 Å². The van der Waals surface area contributed by atoms with Gasteiger partial charge in [-0.3, -0.25) is 0 Å². The van der Waals surface area contributed by atoms with Crippen molar-refractivity contribution in [1.82, 2.24) is 0 Å². The maximum Gasteiger partial charge on any atom is 0.330 e. The summed E-state index contributed by atoms with van der Waals surface area (Å²) in [6, 6.07) is 7.31. The summed E-state index contributed by atoms with van der Waals surface area (Å²) in [5.41, 5.74) is 1.44. The third kappa shape index (κ3) is 3.07. The lowest BCUT2D eigenvalue weighted by Crippen LogP contribution is -2.28. The average molecular weight is 278 g/mol. The molecule has 0 bridgehead atoms. The summed E-state index contributed by atoms with van der Waals surface area (Å²) in [5, 5.41) is 9.22. The maximum absolute atomic E-state index is 11.4. The van der Waals surface area contributed by atoms with E-state index in [0.29, 0.717) is 25.2 Å². The highest BCUT2D eigenvalue weighted by atomic mass is 17.1. The zero-order valence-electron chi connectivity index (χ0n) is 11.4. The van der Waals surface area contributed by atoms with Crippen molar-refractivity contribution in [2.45, 2.75) is 25.6 Å². The van der Waals surface area contributed by atoms with Crippen LogP contribution in [0.2, 0.25) is 0 Å². The minimum Gasteiger partial charge on any atom is -0.463 e. The minimum absolute atomic E-state index is 0.331. The molecule has 0 saturated carbocycles. The standard InChI is InChI=1S/C15H18O5/c1-2-18-14(16)9-8-12-6-3-4-7-13(12)15(20-17)10-5-11-19-15/h3-4,6-9,17H,2,5,10-11H2,1H3/b9-8+. The zero-order chi connectivity index (χ0) is 14.4. The van der Waals surface area contributed by atoms with Gasteiger partial charge < -0.3 is 9.47 Å². The molecule has 20 heavy (non-hydrogen) atoms. The van der Waals surface area contributed by atoms with Crippen LogP contribution in [0.25, 0.3) is 6.08 Å². The van der Waals surface area contributed by atoms with Crippen molar-refractivity contribution in [2.75, 3.05) is 13.2 Å². The van der Waals surface area contributed by atoms with Gasteiger partial charge >= 0.3 is 5.97 Å². The highest BCUT2D eigenvalue weighted by Gasteiger charge is 2.40. The van der Waals surface area contributed by atoms with Gasteiger partial charge in [-0.2, -0.15) is 4.89 Å². The molecule has 1 unspecified atom stereocenters. The first-order valence-electron chi connectivity index (χ1n) is 6.63. The van der Waals surface area contributed by atoms with E-state index in [1.165, 1.54) is 6.08 Å². The molecule has 0 spiro atoms. The Labute approximate surface area is 117 Å². The van der Waals surface area contributed by atoms with Gasteiger partial charge in [0.05, 0.1) is 13.2 Å². The second kappa shape index (κ2) is 6.65. The van der Waals surface area contributed by atoms with Crippen molar-refractivity contribution >= 4 is 12.0 Å². The molecule has 0 aromatic heterocycles. The number of benzene rings is 1. The van der Waals surface area contributed by atoms with E-state index in [1.807, 2.05) is 24.3 Å². The molecule has 5 nitrogen and oxygen atoms in total. The fourth-order valence-corrected chi connectivity index (χ4v) is 2.29. The van der Waals surface area contributed by atoms with Crippen LogP contribution in [0.15, 0.2) is 30.3 Å². The van der Waals surface area contributed by atoms with Crippen molar-refractivity contribution in [3.63, 3.8) is 0 Å². The van der Waals surface area contributed by atoms with Crippen LogP contribution >= 0.6 is 0 Å². The lowest BCUT2D eigenvalue weighted by atomic mass is 9.97. The molecule has 1 aliphatic heterocycles.